The highest BCUT2D eigenvalue weighted by Crippen LogP contribution is 2.31. The molecule has 0 bridgehead atoms. The molecule has 0 fully saturated rings. The topological polar surface area (TPSA) is 90.7 Å². The summed E-state index contributed by atoms with van der Waals surface area (Å²) in [6.45, 7) is -0.498. The van der Waals surface area contributed by atoms with Crippen LogP contribution in [0.2, 0.25) is 0 Å². The summed E-state index contributed by atoms with van der Waals surface area (Å²) < 4.78 is 47.9. The van der Waals surface area contributed by atoms with Crippen molar-refractivity contribution >= 4 is 17.5 Å². The van der Waals surface area contributed by atoms with Gasteiger partial charge in [0.25, 0.3) is 11.8 Å². The lowest BCUT2D eigenvalue weighted by molar-refractivity contribution is -0.137. The number of nitrogens with two attached hydrogens (primary N) is 1. The first-order chi connectivity index (χ1) is 12.2. The highest BCUT2D eigenvalue weighted by molar-refractivity contribution is 5.97. The average Bonchev–Trinajstić information content (AvgIpc) is 2.59. The van der Waals surface area contributed by atoms with Crippen molar-refractivity contribution in [3.8, 4) is 11.5 Å². The minimum Gasteiger partial charge on any atom is -0.493 e. The van der Waals surface area contributed by atoms with Crippen LogP contribution in [0.5, 0.6) is 11.5 Å². The van der Waals surface area contributed by atoms with Gasteiger partial charge in [-0.25, -0.2) is 0 Å². The summed E-state index contributed by atoms with van der Waals surface area (Å²) in [5.41, 5.74) is 4.63. The van der Waals surface area contributed by atoms with Gasteiger partial charge >= 0.3 is 6.18 Å². The molecule has 26 heavy (non-hydrogen) atoms. The number of hydrogen-bond acceptors (Lipinski definition) is 4. The van der Waals surface area contributed by atoms with Crippen LogP contribution in [0, 0.1) is 0 Å². The van der Waals surface area contributed by atoms with E-state index in [2.05, 4.69) is 5.32 Å². The van der Waals surface area contributed by atoms with Gasteiger partial charge in [0.05, 0.1) is 18.2 Å². The Morgan fingerprint density at radius 3 is 2.31 bits per heavy atom. The van der Waals surface area contributed by atoms with Gasteiger partial charge in [-0.3, -0.25) is 9.59 Å². The molecule has 138 valence electrons. The number of anilines is 1. The number of primary amides is 1. The molecule has 0 saturated carbocycles. The highest BCUT2D eigenvalue weighted by Gasteiger charge is 2.30. The first-order valence-electron chi connectivity index (χ1n) is 7.29. The fourth-order valence-corrected chi connectivity index (χ4v) is 2.10. The summed E-state index contributed by atoms with van der Waals surface area (Å²) in [4.78, 5) is 23.4. The Morgan fingerprint density at radius 1 is 1.12 bits per heavy atom. The van der Waals surface area contributed by atoms with Crippen molar-refractivity contribution < 1.29 is 32.2 Å². The van der Waals surface area contributed by atoms with E-state index in [1.54, 1.807) is 0 Å². The minimum atomic E-state index is -4.46. The zero-order chi connectivity index (χ0) is 19.3. The average molecular weight is 368 g/mol. The molecule has 3 N–H and O–H groups in total. The fourth-order valence-electron chi connectivity index (χ4n) is 2.10. The largest absolute Gasteiger partial charge is 0.493 e. The van der Waals surface area contributed by atoms with Gasteiger partial charge in [0, 0.05) is 5.69 Å². The third-order valence-corrected chi connectivity index (χ3v) is 3.31. The number of para-hydroxylation sites is 1. The molecule has 0 aromatic heterocycles. The van der Waals surface area contributed by atoms with Gasteiger partial charge in [-0.05, 0) is 36.4 Å². The van der Waals surface area contributed by atoms with Crippen molar-refractivity contribution in [1.82, 2.24) is 0 Å². The number of ether oxygens (including phenoxy) is 2. The Kier molecular flexibility index (Phi) is 5.71. The van der Waals surface area contributed by atoms with E-state index >= 15 is 0 Å². The molecule has 0 aliphatic heterocycles. The first-order valence-corrected chi connectivity index (χ1v) is 7.29. The molecule has 2 rings (SSSR count). The van der Waals surface area contributed by atoms with Crippen molar-refractivity contribution in [2.75, 3.05) is 19.0 Å². The third-order valence-electron chi connectivity index (χ3n) is 3.31. The van der Waals surface area contributed by atoms with E-state index in [0.29, 0.717) is 0 Å². The van der Waals surface area contributed by atoms with E-state index in [-0.39, 0.29) is 22.7 Å². The van der Waals surface area contributed by atoms with Crippen LogP contribution in [0.25, 0.3) is 0 Å². The second kappa shape index (κ2) is 7.77. The highest BCUT2D eigenvalue weighted by atomic mass is 19.4. The van der Waals surface area contributed by atoms with E-state index in [0.717, 1.165) is 24.3 Å². The molecule has 0 radical (unpaired) electrons. The second-order valence-corrected chi connectivity index (χ2v) is 5.11. The van der Waals surface area contributed by atoms with Gasteiger partial charge in [0.1, 0.15) is 0 Å². The van der Waals surface area contributed by atoms with E-state index in [1.165, 1.54) is 25.3 Å². The summed E-state index contributed by atoms with van der Waals surface area (Å²) in [6, 6.07) is 8.42. The number of rotatable bonds is 6. The van der Waals surface area contributed by atoms with Crippen LogP contribution in [0.3, 0.4) is 0 Å². The Hall–Kier alpha value is -3.23. The predicted octanol–water partition coefficient (Wildman–Crippen LogP) is 2.83. The zero-order valence-corrected chi connectivity index (χ0v) is 13.6. The molecule has 0 spiro atoms. The Bertz CT molecular complexity index is 805. The normalized spacial score (nSPS) is 10.9. The molecule has 0 saturated heterocycles. The molecule has 0 aliphatic rings. The fraction of sp³-hybridized carbons (Fsp3) is 0.176. The van der Waals surface area contributed by atoms with Crippen molar-refractivity contribution in [2.24, 2.45) is 5.73 Å². The van der Waals surface area contributed by atoms with Gasteiger partial charge in [-0.2, -0.15) is 13.2 Å². The molecule has 6 nitrogen and oxygen atoms in total. The van der Waals surface area contributed by atoms with Crippen LogP contribution >= 0.6 is 0 Å². The lowest BCUT2D eigenvalue weighted by Gasteiger charge is -2.13. The number of amides is 2. The van der Waals surface area contributed by atoms with Crippen LogP contribution in [-0.4, -0.2) is 25.5 Å². The van der Waals surface area contributed by atoms with Crippen molar-refractivity contribution in [1.29, 1.82) is 0 Å². The van der Waals surface area contributed by atoms with Gasteiger partial charge in [0.15, 0.2) is 18.1 Å². The van der Waals surface area contributed by atoms with Crippen LogP contribution in [0.15, 0.2) is 42.5 Å². The maximum absolute atomic E-state index is 12.5. The van der Waals surface area contributed by atoms with Crippen molar-refractivity contribution in [3.63, 3.8) is 0 Å². The lowest BCUT2D eigenvalue weighted by Crippen LogP contribution is -2.22. The molecule has 0 unspecified atom stereocenters. The van der Waals surface area contributed by atoms with Crippen molar-refractivity contribution in [2.45, 2.75) is 6.18 Å². The van der Waals surface area contributed by atoms with Crippen LogP contribution in [0.1, 0.15) is 15.9 Å². The molecule has 9 heteroatoms. The lowest BCUT2D eigenvalue weighted by atomic mass is 10.2. The Morgan fingerprint density at radius 2 is 1.77 bits per heavy atom. The van der Waals surface area contributed by atoms with Crippen LogP contribution in [-0.2, 0) is 11.0 Å². The number of carbonyl (C=O) groups excluding carboxylic acids is 2. The van der Waals surface area contributed by atoms with Crippen LogP contribution in [0.4, 0.5) is 18.9 Å². The standard InChI is InChI=1S/C17H15F3N2O4/c1-25-13-4-2-3-12(16(21)24)15(13)26-9-14(23)22-11-7-5-10(6-8-11)17(18,19)20/h2-8H,9H2,1H3,(H2,21,24)(H,22,23). The quantitative estimate of drug-likeness (QED) is 0.820. The smallest absolute Gasteiger partial charge is 0.416 e. The van der Waals surface area contributed by atoms with Crippen LogP contribution < -0.4 is 20.5 Å². The van der Waals surface area contributed by atoms with Gasteiger partial charge in [0.2, 0.25) is 0 Å². The summed E-state index contributed by atoms with van der Waals surface area (Å²) in [6.07, 6.45) is -4.46. The third kappa shape index (κ3) is 4.65. The molecule has 0 heterocycles. The maximum Gasteiger partial charge on any atom is 0.416 e. The summed E-state index contributed by atoms with van der Waals surface area (Å²) >= 11 is 0. The second-order valence-electron chi connectivity index (χ2n) is 5.11. The number of halogens is 3. The molecular formula is C17H15F3N2O4. The minimum absolute atomic E-state index is 0.00469. The maximum atomic E-state index is 12.5. The van der Waals surface area contributed by atoms with Gasteiger partial charge < -0.3 is 20.5 Å². The monoisotopic (exact) mass is 368 g/mol. The molecule has 0 aliphatic carbocycles. The summed E-state index contributed by atoms with van der Waals surface area (Å²) in [7, 11) is 1.36. The van der Waals surface area contributed by atoms with Gasteiger partial charge in [-0.1, -0.05) is 6.07 Å². The number of alkyl halides is 3. The number of methoxy groups -OCH3 is 1. The Labute approximate surface area is 146 Å². The predicted molar refractivity (Wildman–Crippen MR) is 87.1 cm³/mol. The molecule has 2 aromatic carbocycles. The van der Waals surface area contributed by atoms with Gasteiger partial charge in [-0.15, -0.1) is 0 Å². The number of benzene rings is 2. The first kappa shape index (κ1) is 19.1. The van der Waals surface area contributed by atoms with E-state index in [4.69, 9.17) is 15.2 Å². The number of carbonyl (C=O) groups is 2. The summed E-state index contributed by atoms with van der Waals surface area (Å²) in [5, 5.41) is 2.39. The Balaban J connectivity index is 2.05. The molecular weight excluding hydrogens is 353 g/mol. The SMILES string of the molecule is COc1cccc(C(N)=O)c1OCC(=O)Nc1ccc(C(F)(F)F)cc1. The molecule has 2 aromatic rings. The molecule has 0 atom stereocenters. The van der Waals surface area contributed by atoms with E-state index in [1.807, 2.05) is 0 Å². The van der Waals surface area contributed by atoms with E-state index in [9.17, 15) is 22.8 Å². The number of hydrogen-bond donors (Lipinski definition) is 2. The summed E-state index contributed by atoms with van der Waals surface area (Å²) in [5.74, 6) is -1.18. The zero-order valence-electron chi connectivity index (χ0n) is 13.6. The number of nitrogens with one attached hydrogen (secondary N) is 1. The van der Waals surface area contributed by atoms with Crippen molar-refractivity contribution in [3.05, 3.63) is 53.6 Å². The van der Waals surface area contributed by atoms with E-state index < -0.39 is 30.2 Å². The molecule has 2 amide bonds.